The minimum absolute atomic E-state index is 0.190. The zero-order valence-electron chi connectivity index (χ0n) is 24.0. The van der Waals surface area contributed by atoms with Crippen LogP contribution in [0.4, 0.5) is 0 Å². The Morgan fingerprint density at radius 1 is 0.932 bits per heavy atom. The van der Waals surface area contributed by atoms with Gasteiger partial charge in [0.2, 0.25) is 5.16 Å². The van der Waals surface area contributed by atoms with E-state index in [2.05, 4.69) is 20.3 Å². The summed E-state index contributed by atoms with van der Waals surface area (Å²) in [6.45, 7) is 4.30. The number of rotatable bonds is 10. The molecule has 0 saturated carbocycles. The summed E-state index contributed by atoms with van der Waals surface area (Å²) in [7, 11) is 0. The number of ether oxygens (including phenoxy) is 5. The van der Waals surface area contributed by atoms with Gasteiger partial charge < -0.3 is 23.7 Å². The second kappa shape index (κ2) is 14.9. The lowest BCUT2D eigenvalue weighted by molar-refractivity contribution is -0.237. The lowest BCUT2D eigenvalue weighted by Gasteiger charge is -2.43. The topological polar surface area (TPSA) is 170 Å². The van der Waals surface area contributed by atoms with E-state index in [4.69, 9.17) is 35.3 Å². The van der Waals surface area contributed by atoms with Gasteiger partial charge in [0.1, 0.15) is 12.7 Å². The van der Waals surface area contributed by atoms with Crippen LogP contribution in [0.5, 0.6) is 0 Å². The Morgan fingerprint density at radius 3 is 2.20 bits per heavy atom. The third-order valence-corrected chi connectivity index (χ3v) is 7.22. The summed E-state index contributed by atoms with van der Waals surface area (Å²) >= 11 is 6.96. The van der Waals surface area contributed by atoms with Gasteiger partial charge in [0.15, 0.2) is 29.6 Å². The van der Waals surface area contributed by atoms with Gasteiger partial charge in [-0.1, -0.05) is 23.7 Å². The molecule has 0 unspecified atom stereocenters. The van der Waals surface area contributed by atoms with Gasteiger partial charge in [-0.15, -0.1) is 10.2 Å². The van der Waals surface area contributed by atoms with Crippen molar-refractivity contribution in [3.8, 4) is 11.4 Å². The maximum atomic E-state index is 12.2. The summed E-state index contributed by atoms with van der Waals surface area (Å²) in [6.07, 6.45) is -0.288. The number of pyridine rings is 1. The van der Waals surface area contributed by atoms with Gasteiger partial charge in [-0.2, -0.15) is 9.78 Å². The van der Waals surface area contributed by atoms with E-state index in [1.54, 1.807) is 55.0 Å². The smallest absolute Gasteiger partial charge is 0.303 e. The second-order valence-electron chi connectivity index (χ2n) is 9.34. The largest absolute Gasteiger partial charge is 0.463 e. The molecular weight excluding hydrogens is 618 g/mol. The van der Waals surface area contributed by atoms with Crippen molar-refractivity contribution in [3.05, 3.63) is 59.4 Å². The van der Waals surface area contributed by atoms with Crippen molar-refractivity contribution in [2.45, 2.75) is 62.7 Å². The predicted molar refractivity (Wildman–Crippen MR) is 156 cm³/mol. The van der Waals surface area contributed by atoms with Crippen LogP contribution in [0.1, 0.15) is 33.3 Å². The van der Waals surface area contributed by atoms with Crippen molar-refractivity contribution in [1.82, 2.24) is 19.9 Å². The summed E-state index contributed by atoms with van der Waals surface area (Å²) in [5, 5.41) is 13.9. The summed E-state index contributed by atoms with van der Waals surface area (Å²) < 4.78 is 29.3. The Kier molecular flexibility index (Phi) is 11.0. The van der Waals surface area contributed by atoms with E-state index in [0.717, 1.165) is 38.1 Å². The van der Waals surface area contributed by atoms with Gasteiger partial charge in [0.25, 0.3) is 0 Å². The van der Waals surface area contributed by atoms with Crippen molar-refractivity contribution in [2.24, 2.45) is 5.10 Å². The summed E-state index contributed by atoms with van der Waals surface area (Å²) in [4.78, 5) is 52.2. The van der Waals surface area contributed by atoms with Gasteiger partial charge in [0, 0.05) is 50.7 Å². The third-order valence-electron chi connectivity index (χ3n) is 5.89. The predicted octanol–water partition coefficient (Wildman–Crippen LogP) is 3.05. The van der Waals surface area contributed by atoms with Crippen LogP contribution in [0.2, 0.25) is 5.02 Å². The number of aromatic nitrogens is 4. The molecule has 0 aliphatic carbocycles. The molecule has 1 aliphatic rings. The molecule has 3 heterocycles. The molecule has 1 fully saturated rings. The number of carbonyl (C=O) groups is 4. The molecule has 1 aromatic carbocycles. The van der Waals surface area contributed by atoms with Crippen molar-refractivity contribution in [2.75, 3.05) is 6.61 Å². The third kappa shape index (κ3) is 8.61. The minimum atomic E-state index is -1.33. The van der Waals surface area contributed by atoms with Crippen molar-refractivity contribution >= 4 is 53.5 Å². The summed E-state index contributed by atoms with van der Waals surface area (Å²) in [5.74, 6) is -2.48. The molecule has 5 atom stereocenters. The maximum Gasteiger partial charge on any atom is 0.303 e. The number of halogens is 1. The monoisotopic (exact) mass is 645 g/mol. The molecule has 232 valence electrons. The molecule has 0 radical (unpaired) electrons. The fourth-order valence-electron chi connectivity index (χ4n) is 4.18. The van der Waals surface area contributed by atoms with Gasteiger partial charge in [-0.25, -0.2) is 0 Å². The van der Waals surface area contributed by atoms with Crippen LogP contribution < -0.4 is 0 Å². The van der Waals surface area contributed by atoms with E-state index in [-0.39, 0.29) is 11.8 Å². The molecule has 16 heteroatoms. The van der Waals surface area contributed by atoms with Crippen LogP contribution in [0.25, 0.3) is 11.4 Å². The normalized spacial score (nSPS) is 21.4. The molecule has 14 nitrogen and oxygen atoms in total. The first-order valence-electron chi connectivity index (χ1n) is 13.1. The van der Waals surface area contributed by atoms with Gasteiger partial charge in [0.05, 0.1) is 6.21 Å². The summed E-state index contributed by atoms with van der Waals surface area (Å²) in [5.41, 5.74) is 0.191. The number of carbonyl (C=O) groups excluding carboxylic acids is 4. The molecule has 44 heavy (non-hydrogen) atoms. The van der Waals surface area contributed by atoms with E-state index in [9.17, 15) is 19.2 Å². The highest BCUT2D eigenvalue weighted by atomic mass is 35.5. The molecule has 2 aromatic heterocycles. The van der Waals surface area contributed by atoms with Gasteiger partial charge >= 0.3 is 23.9 Å². The van der Waals surface area contributed by atoms with E-state index in [1.807, 2.05) is 0 Å². The highest BCUT2D eigenvalue weighted by Crippen LogP contribution is 2.38. The number of hydrogen-bond donors (Lipinski definition) is 0. The molecular formula is C28H28ClN5O9S. The van der Waals surface area contributed by atoms with E-state index >= 15 is 0 Å². The average molecular weight is 646 g/mol. The zero-order valence-corrected chi connectivity index (χ0v) is 25.6. The van der Waals surface area contributed by atoms with Crippen molar-refractivity contribution in [1.29, 1.82) is 0 Å². The number of esters is 4. The zero-order chi connectivity index (χ0) is 31.8. The molecule has 0 spiro atoms. The molecule has 4 rings (SSSR count). The highest BCUT2D eigenvalue weighted by molar-refractivity contribution is 7.99. The van der Waals surface area contributed by atoms with Crippen LogP contribution in [0.3, 0.4) is 0 Å². The number of thioether (sulfide) groups is 1. The first kappa shape index (κ1) is 32.6. The lowest BCUT2D eigenvalue weighted by atomic mass is 9.99. The van der Waals surface area contributed by atoms with Crippen LogP contribution in [-0.4, -0.2) is 86.4 Å². The SMILES string of the molecule is CC(=O)OC[C@H]1O[C@@H](Sc2nnc(-c3cccnc3)n2/N=C/c2ccc(Cl)cc2)[C@H](OC(C)=O)[C@@H](OC(C)=O)[C@@H]1OC(C)=O. The number of nitrogens with zero attached hydrogens (tertiary/aromatic N) is 5. The first-order valence-corrected chi connectivity index (χ1v) is 14.4. The van der Waals surface area contributed by atoms with Crippen molar-refractivity contribution < 1.29 is 42.9 Å². The van der Waals surface area contributed by atoms with Gasteiger partial charge in [-0.3, -0.25) is 24.2 Å². The quantitative estimate of drug-likeness (QED) is 0.179. The Morgan fingerprint density at radius 2 is 1.59 bits per heavy atom. The Hall–Kier alpha value is -4.34. The minimum Gasteiger partial charge on any atom is -0.463 e. The Balaban J connectivity index is 1.77. The van der Waals surface area contributed by atoms with Crippen LogP contribution in [0.15, 0.2) is 59.0 Å². The number of hydrogen-bond acceptors (Lipinski definition) is 14. The van der Waals surface area contributed by atoms with Crippen LogP contribution in [-0.2, 0) is 42.9 Å². The first-order chi connectivity index (χ1) is 21.0. The molecule has 0 bridgehead atoms. The molecule has 1 aliphatic heterocycles. The lowest BCUT2D eigenvalue weighted by Crippen LogP contribution is -2.61. The van der Waals surface area contributed by atoms with E-state index in [0.29, 0.717) is 16.4 Å². The summed E-state index contributed by atoms with van der Waals surface area (Å²) in [6, 6.07) is 10.5. The molecule has 3 aromatic rings. The fourth-order valence-corrected chi connectivity index (χ4v) is 5.38. The average Bonchev–Trinajstić information content (AvgIpc) is 3.36. The van der Waals surface area contributed by atoms with Crippen LogP contribution in [0, 0.1) is 0 Å². The van der Waals surface area contributed by atoms with Crippen LogP contribution >= 0.6 is 23.4 Å². The van der Waals surface area contributed by atoms with E-state index < -0.39 is 53.7 Å². The standard InChI is InChI=1S/C28H28ClN5O9S/c1-15(35)39-14-22-23(40-16(2)36)24(41-17(3)37)25(42-18(4)38)27(43-22)44-28-33-32-26(20-6-5-11-30-13-20)34(28)31-12-19-7-9-21(29)10-8-19/h5-13,22-25,27H,14H2,1-4H3/b31-12+/t22-,23-,24+,25-,27+/m1/s1. The van der Waals surface area contributed by atoms with E-state index in [1.165, 1.54) is 11.6 Å². The Labute approximate surface area is 261 Å². The second-order valence-corrected chi connectivity index (χ2v) is 10.8. The molecule has 0 N–H and O–H groups in total. The van der Waals surface area contributed by atoms with Crippen molar-refractivity contribution in [3.63, 3.8) is 0 Å². The molecule has 1 saturated heterocycles. The van der Waals surface area contributed by atoms with Gasteiger partial charge in [-0.05, 0) is 41.6 Å². The molecule has 0 amide bonds. The number of benzene rings is 1. The highest BCUT2D eigenvalue weighted by Gasteiger charge is 2.53. The maximum absolute atomic E-state index is 12.2. The fraction of sp³-hybridized carbons (Fsp3) is 0.357. The Bertz CT molecular complexity index is 1520.